The van der Waals surface area contributed by atoms with Crippen LogP contribution in [0.4, 0.5) is 0 Å². The number of carbonyl (C=O) groups excluding carboxylic acids is 1. The normalized spacial score (nSPS) is 20.1. The largest absolute Gasteiger partial charge is 0.337 e. The predicted molar refractivity (Wildman–Crippen MR) is 79.2 cm³/mol. The van der Waals surface area contributed by atoms with Crippen molar-refractivity contribution in [3.05, 3.63) is 42.1 Å². The highest BCUT2D eigenvalue weighted by atomic mass is 16.2. The van der Waals surface area contributed by atoms with E-state index in [1.807, 2.05) is 24.0 Å². The van der Waals surface area contributed by atoms with E-state index in [4.69, 9.17) is 0 Å². The first kappa shape index (κ1) is 13.1. The Hall–Kier alpha value is -1.94. The Balaban J connectivity index is 1.90. The standard InChI is InChI=1S/C16H19N3O/c1-12-16(20)19(10-4-9-17-12)11-14-6-2-5-13-7-3-8-18-15(13)14/h2-3,5-8,12,17H,4,9-11H2,1H3. The highest BCUT2D eigenvalue weighted by molar-refractivity contribution is 5.84. The first-order valence-electron chi connectivity index (χ1n) is 7.10. The quantitative estimate of drug-likeness (QED) is 0.906. The van der Waals surface area contributed by atoms with Gasteiger partial charge in [0.05, 0.1) is 11.6 Å². The lowest BCUT2D eigenvalue weighted by atomic mass is 10.1. The fourth-order valence-corrected chi connectivity index (χ4v) is 2.72. The summed E-state index contributed by atoms with van der Waals surface area (Å²) in [6, 6.07) is 10.0. The van der Waals surface area contributed by atoms with Gasteiger partial charge in [-0.1, -0.05) is 24.3 Å². The molecule has 20 heavy (non-hydrogen) atoms. The summed E-state index contributed by atoms with van der Waals surface area (Å²) in [4.78, 5) is 18.7. The van der Waals surface area contributed by atoms with Gasteiger partial charge in [0.15, 0.2) is 0 Å². The van der Waals surface area contributed by atoms with Gasteiger partial charge in [0.25, 0.3) is 0 Å². The molecule has 104 valence electrons. The number of carbonyl (C=O) groups is 1. The zero-order valence-corrected chi connectivity index (χ0v) is 11.7. The minimum Gasteiger partial charge on any atom is -0.337 e. The smallest absolute Gasteiger partial charge is 0.239 e. The maximum absolute atomic E-state index is 12.3. The average Bonchev–Trinajstić information content (AvgIpc) is 2.63. The minimum absolute atomic E-state index is 0.0968. The van der Waals surface area contributed by atoms with Crippen molar-refractivity contribution in [2.24, 2.45) is 0 Å². The Bertz CT molecular complexity index is 621. The number of amides is 1. The summed E-state index contributed by atoms with van der Waals surface area (Å²) < 4.78 is 0. The number of rotatable bonds is 2. The molecule has 0 radical (unpaired) electrons. The molecule has 1 aliphatic rings. The second-order valence-corrected chi connectivity index (χ2v) is 5.28. The predicted octanol–water partition coefficient (Wildman–Crippen LogP) is 1.95. The molecule has 1 aromatic carbocycles. The van der Waals surface area contributed by atoms with Crippen molar-refractivity contribution in [1.29, 1.82) is 0 Å². The summed E-state index contributed by atoms with van der Waals surface area (Å²) in [5.41, 5.74) is 2.11. The lowest BCUT2D eigenvalue weighted by molar-refractivity contribution is -0.132. The molecule has 0 aliphatic carbocycles. The van der Waals surface area contributed by atoms with Crippen molar-refractivity contribution >= 4 is 16.8 Å². The number of hydrogen-bond donors (Lipinski definition) is 1. The van der Waals surface area contributed by atoms with Crippen LogP contribution in [0.2, 0.25) is 0 Å². The van der Waals surface area contributed by atoms with Crippen LogP contribution in [-0.4, -0.2) is 34.9 Å². The Kier molecular flexibility index (Phi) is 3.65. The Morgan fingerprint density at radius 2 is 2.20 bits per heavy atom. The monoisotopic (exact) mass is 269 g/mol. The SMILES string of the molecule is CC1NCCCN(Cc2cccc3cccnc23)C1=O. The maximum Gasteiger partial charge on any atom is 0.239 e. The number of fused-ring (bicyclic) bond motifs is 1. The molecule has 2 aromatic rings. The number of nitrogens with zero attached hydrogens (tertiary/aromatic N) is 2. The van der Waals surface area contributed by atoms with Crippen LogP contribution >= 0.6 is 0 Å². The van der Waals surface area contributed by atoms with Crippen molar-refractivity contribution < 1.29 is 4.79 Å². The van der Waals surface area contributed by atoms with Crippen LogP contribution in [0.15, 0.2) is 36.5 Å². The zero-order chi connectivity index (χ0) is 13.9. The van der Waals surface area contributed by atoms with Gasteiger partial charge in [0.1, 0.15) is 0 Å². The number of aromatic nitrogens is 1. The van der Waals surface area contributed by atoms with Gasteiger partial charge >= 0.3 is 0 Å². The van der Waals surface area contributed by atoms with Gasteiger partial charge in [-0.15, -0.1) is 0 Å². The number of benzene rings is 1. The summed E-state index contributed by atoms with van der Waals surface area (Å²) in [5, 5.41) is 4.36. The molecule has 1 aliphatic heterocycles. The van der Waals surface area contributed by atoms with Gasteiger partial charge in [-0.05, 0) is 31.5 Å². The highest BCUT2D eigenvalue weighted by Crippen LogP contribution is 2.18. The molecule has 1 fully saturated rings. The third-order valence-corrected chi connectivity index (χ3v) is 3.81. The van der Waals surface area contributed by atoms with E-state index in [0.717, 1.165) is 36.0 Å². The summed E-state index contributed by atoms with van der Waals surface area (Å²) in [7, 11) is 0. The van der Waals surface area contributed by atoms with Gasteiger partial charge in [0.2, 0.25) is 5.91 Å². The molecule has 1 aromatic heterocycles. The second-order valence-electron chi connectivity index (χ2n) is 5.28. The van der Waals surface area contributed by atoms with Crippen LogP contribution in [0.1, 0.15) is 18.9 Å². The minimum atomic E-state index is -0.0968. The molecule has 2 heterocycles. The van der Waals surface area contributed by atoms with E-state index in [1.54, 1.807) is 6.20 Å². The lowest BCUT2D eigenvalue weighted by Crippen LogP contribution is -2.41. The zero-order valence-electron chi connectivity index (χ0n) is 11.7. The van der Waals surface area contributed by atoms with E-state index in [1.165, 1.54) is 0 Å². The summed E-state index contributed by atoms with van der Waals surface area (Å²) in [6.07, 6.45) is 2.80. The van der Waals surface area contributed by atoms with Crippen molar-refractivity contribution in [3.8, 4) is 0 Å². The van der Waals surface area contributed by atoms with Gasteiger partial charge < -0.3 is 10.2 Å². The molecule has 0 bridgehead atoms. The van der Waals surface area contributed by atoms with Crippen LogP contribution in [0.25, 0.3) is 10.9 Å². The fourth-order valence-electron chi connectivity index (χ4n) is 2.72. The maximum atomic E-state index is 12.3. The van der Waals surface area contributed by atoms with Crippen molar-refractivity contribution in [2.75, 3.05) is 13.1 Å². The van der Waals surface area contributed by atoms with E-state index < -0.39 is 0 Å². The molecular weight excluding hydrogens is 250 g/mol. The third kappa shape index (κ3) is 2.51. The topological polar surface area (TPSA) is 45.2 Å². The van der Waals surface area contributed by atoms with E-state index in [9.17, 15) is 4.79 Å². The summed E-state index contributed by atoms with van der Waals surface area (Å²) in [6.45, 7) is 4.28. The second kappa shape index (κ2) is 5.59. The molecule has 4 heteroatoms. The Labute approximate surface area is 118 Å². The molecular formula is C16H19N3O. The molecule has 1 amide bonds. The van der Waals surface area contributed by atoms with Crippen LogP contribution in [0, 0.1) is 0 Å². The molecule has 4 nitrogen and oxygen atoms in total. The average molecular weight is 269 g/mol. The van der Waals surface area contributed by atoms with E-state index in [0.29, 0.717) is 6.54 Å². The first-order valence-corrected chi connectivity index (χ1v) is 7.10. The fraction of sp³-hybridized carbons (Fsp3) is 0.375. The number of pyridine rings is 1. The van der Waals surface area contributed by atoms with Crippen molar-refractivity contribution in [3.63, 3.8) is 0 Å². The molecule has 1 N–H and O–H groups in total. The van der Waals surface area contributed by atoms with Crippen LogP contribution in [0.3, 0.4) is 0 Å². The first-order chi connectivity index (χ1) is 9.75. The van der Waals surface area contributed by atoms with E-state index in [-0.39, 0.29) is 11.9 Å². The lowest BCUT2D eigenvalue weighted by Gasteiger charge is -2.23. The molecule has 0 saturated carbocycles. The van der Waals surface area contributed by atoms with Gasteiger partial charge in [0, 0.05) is 24.7 Å². The van der Waals surface area contributed by atoms with Crippen molar-refractivity contribution in [2.45, 2.75) is 25.9 Å². The Morgan fingerprint density at radius 1 is 1.35 bits per heavy atom. The van der Waals surface area contributed by atoms with E-state index in [2.05, 4.69) is 28.5 Å². The molecule has 3 rings (SSSR count). The van der Waals surface area contributed by atoms with Crippen LogP contribution in [0.5, 0.6) is 0 Å². The van der Waals surface area contributed by atoms with Crippen LogP contribution < -0.4 is 5.32 Å². The summed E-state index contributed by atoms with van der Waals surface area (Å²) in [5.74, 6) is 0.176. The Morgan fingerprint density at radius 3 is 3.10 bits per heavy atom. The molecule has 1 unspecified atom stereocenters. The van der Waals surface area contributed by atoms with Gasteiger partial charge in [-0.25, -0.2) is 0 Å². The number of para-hydroxylation sites is 1. The molecule has 1 saturated heterocycles. The highest BCUT2D eigenvalue weighted by Gasteiger charge is 2.23. The molecule has 1 atom stereocenters. The van der Waals surface area contributed by atoms with Crippen LogP contribution in [-0.2, 0) is 11.3 Å². The molecule has 0 spiro atoms. The van der Waals surface area contributed by atoms with Crippen molar-refractivity contribution in [1.82, 2.24) is 15.2 Å². The number of nitrogens with one attached hydrogen (secondary N) is 1. The van der Waals surface area contributed by atoms with Gasteiger partial charge in [-0.2, -0.15) is 0 Å². The van der Waals surface area contributed by atoms with Gasteiger partial charge in [-0.3, -0.25) is 9.78 Å². The van der Waals surface area contributed by atoms with E-state index >= 15 is 0 Å². The summed E-state index contributed by atoms with van der Waals surface area (Å²) >= 11 is 0. The third-order valence-electron chi connectivity index (χ3n) is 3.81. The number of hydrogen-bond acceptors (Lipinski definition) is 3.